The normalized spacial score (nSPS) is 12.8. The van der Waals surface area contributed by atoms with Gasteiger partial charge in [0.15, 0.2) is 0 Å². The molecule has 0 fully saturated rings. The van der Waals surface area contributed by atoms with Crippen molar-refractivity contribution in [1.82, 2.24) is 10.2 Å². The third kappa shape index (κ3) is 8.07. The van der Waals surface area contributed by atoms with Crippen LogP contribution in [0.4, 0.5) is 5.69 Å². The number of anilines is 1. The molecule has 1 N–H and O–H groups in total. The molecule has 0 spiro atoms. The van der Waals surface area contributed by atoms with E-state index in [2.05, 4.69) is 5.32 Å². The predicted octanol–water partition coefficient (Wildman–Crippen LogP) is 6.18. The van der Waals surface area contributed by atoms with Gasteiger partial charge in [-0.15, -0.1) is 0 Å². The summed E-state index contributed by atoms with van der Waals surface area (Å²) in [6.45, 7) is 4.75. The zero-order chi connectivity index (χ0) is 30.3. The molecule has 220 valence electrons. The Labute approximate surface area is 256 Å². The molecule has 3 aromatic carbocycles. The highest BCUT2D eigenvalue weighted by Gasteiger charge is 2.33. The monoisotopic (exact) mass is 639 g/mol. The molecule has 0 unspecified atom stereocenters. The van der Waals surface area contributed by atoms with Crippen molar-refractivity contribution in [3.05, 3.63) is 87.4 Å². The molecule has 3 aromatic rings. The van der Waals surface area contributed by atoms with Crippen LogP contribution in [-0.2, 0) is 26.2 Å². The van der Waals surface area contributed by atoms with Gasteiger partial charge in [0.2, 0.25) is 11.8 Å². The second kappa shape index (κ2) is 14.3. The van der Waals surface area contributed by atoms with E-state index in [0.717, 1.165) is 4.31 Å². The molecule has 0 bridgehead atoms. The summed E-state index contributed by atoms with van der Waals surface area (Å²) in [5.41, 5.74) is 0.764. The third-order valence-corrected chi connectivity index (χ3v) is 9.36. The number of rotatable bonds is 12. The highest BCUT2D eigenvalue weighted by atomic mass is 35.5. The quantitative estimate of drug-likeness (QED) is 0.255. The highest BCUT2D eigenvalue weighted by Crippen LogP contribution is 2.32. The number of sulfonamides is 1. The van der Waals surface area contributed by atoms with Crippen molar-refractivity contribution in [1.29, 1.82) is 0 Å². The van der Waals surface area contributed by atoms with Gasteiger partial charge in [0.05, 0.1) is 32.8 Å². The standard InChI is InChI=1S/C29H32Cl3N3O5S/c1-5-19(2)33-29(37)20(3)34(17-21-11-13-24(30)25(31)15-21)28(36)18-35(22-12-14-27(40-4)26(32)16-22)41(38,39)23-9-7-6-8-10-23/h6-16,19-20H,5,17-18H2,1-4H3,(H,33,37)/t19-,20-/m1/s1. The Morgan fingerprint density at radius 2 is 1.61 bits per heavy atom. The lowest BCUT2D eigenvalue weighted by Gasteiger charge is -2.32. The van der Waals surface area contributed by atoms with E-state index in [4.69, 9.17) is 39.5 Å². The second-order valence-electron chi connectivity index (χ2n) is 9.41. The molecule has 0 saturated heterocycles. The van der Waals surface area contributed by atoms with Crippen LogP contribution in [0, 0.1) is 0 Å². The number of methoxy groups -OCH3 is 1. The van der Waals surface area contributed by atoms with Crippen molar-refractivity contribution in [2.75, 3.05) is 18.0 Å². The Morgan fingerprint density at radius 1 is 0.927 bits per heavy atom. The average molecular weight is 641 g/mol. The van der Waals surface area contributed by atoms with Crippen LogP contribution >= 0.6 is 34.8 Å². The number of halogens is 3. The van der Waals surface area contributed by atoms with Gasteiger partial charge in [-0.25, -0.2) is 8.42 Å². The highest BCUT2D eigenvalue weighted by molar-refractivity contribution is 7.92. The van der Waals surface area contributed by atoms with Crippen LogP contribution < -0.4 is 14.4 Å². The lowest BCUT2D eigenvalue weighted by molar-refractivity contribution is -0.139. The molecule has 41 heavy (non-hydrogen) atoms. The molecular weight excluding hydrogens is 609 g/mol. The van der Waals surface area contributed by atoms with Crippen molar-refractivity contribution >= 4 is 62.3 Å². The van der Waals surface area contributed by atoms with E-state index in [0.29, 0.717) is 22.8 Å². The minimum atomic E-state index is -4.23. The van der Waals surface area contributed by atoms with Gasteiger partial charge in [0.1, 0.15) is 18.3 Å². The van der Waals surface area contributed by atoms with Crippen LogP contribution in [-0.4, -0.2) is 50.9 Å². The largest absolute Gasteiger partial charge is 0.495 e. The van der Waals surface area contributed by atoms with Crippen molar-refractivity contribution in [2.45, 2.75) is 50.7 Å². The maximum absolute atomic E-state index is 14.0. The van der Waals surface area contributed by atoms with Gasteiger partial charge < -0.3 is 15.0 Å². The number of nitrogens with one attached hydrogen (secondary N) is 1. The number of hydrogen-bond acceptors (Lipinski definition) is 5. The number of ether oxygens (including phenoxy) is 1. The van der Waals surface area contributed by atoms with E-state index in [9.17, 15) is 18.0 Å². The molecule has 2 amide bonds. The Bertz CT molecular complexity index is 1490. The second-order valence-corrected chi connectivity index (χ2v) is 12.5. The van der Waals surface area contributed by atoms with Gasteiger partial charge in [-0.1, -0.05) is 66.0 Å². The van der Waals surface area contributed by atoms with Crippen molar-refractivity contribution in [3.8, 4) is 5.75 Å². The molecule has 0 heterocycles. The predicted molar refractivity (Wildman–Crippen MR) is 163 cm³/mol. The molecule has 0 aliphatic carbocycles. The Kier molecular flexibility index (Phi) is 11.3. The molecule has 3 rings (SSSR count). The molecule has 12 heteroatoms. The molecule has 0 aliphatic rings. The summed E-state index contributed by atoms with van der Waals surface area (Å²) >= 11 is 18.6. The van der Waals surface area contributed by atoms with Crippen LogP contribution in [0.5, 0.6) is 5.75 Å². The van der Waals surface area contributed by atoms with Crippen molar-refractivity contribution in [3.63, 3.8) is 0 Å². The molecule has 2 atom stereocenters. The minimum Gasteiger partial charge on any atom is -0.495 e. The van der Waals surface area contributed by atoms with Gasteiger partial charge in [-0.3, -0.25) is 13.9 Å². The first kappa shape index (κ1) is 32.5. The Hall–Kier alpha value is -2.98. The van der Waals surface area contributed by atoms with E-state index >= 15 is 0 Å². The topological polar surface area (TPSA) is 96.0 Å². The van der Waals surface area contributed by atoms with Gasteiger partial charge in [0.25, 0.3) is 10.0 Å². The molecule has 0 aliphatic heterocycles. The first-order valence-corrected chi connectivity index (χ1v) is 15.4. The maximum atomic E-state index is 14.0. The summed E-state index contributed by atoms with van der Waals surface area (Å²) in [7, 11) is -2.79. The smallest absolute Gasteiger partial charge is 0.264 e. The number of nitrogens with zero attached hydrogens (tertiary/aromatic N) is 2. The molecule has 0 radical (unpaired) electrons. The molecule has 0 aromatic heterocycles. The number of amides is 2. The van der Waals surface area contributed by atoms with E-state index in [1.807, 2.05) is 13.8 Å². The summed E-state index contributed by atoms with van der Waals surface area (Å²) in [6, 6.07) is 16.0. The third-order valence-electron chi connectivity index (χ3n) is 6.54. The summed E-state index contributed by atoms with van der Waals surface area (Å²) in [5.74, 6) is -0.651. The first-order chi connectivity index (χ1) is 19.4. The van der Waals surface area contributed by atoms with Crippen LogP contribution in [0.1, 0.15) is 32.8 Å². The van der Waals surface area contributed by atoms with Crippen molar-refractivity contribution in [2.24, 2.45) is 0 Å². The maximum Gasteiger partial charge on any atom is 0.264 e. The van der Waals surface area contributed by atoms with E-state index in [1.54, 1.807) is 43.3 Å². The average Bonchev–Trinajstić information content (AvgIpc) is 2.96. The first-order valence-electron chi connectivity index (χ1n) is 12.8. The van der Waals surface area contributed by atoms with Gasteiger partial charge in [-0.2, -0.15) is 0 Å². The molecule has 8 nitrogen and oxygen atoms in total. The summed E-state index contributed by atoms with van der Waals surface area (Å²) in [4.78, 5) is 28.4. The number of carbonyl (C=O) groups is 2. The van der Waals surface area contributed by atoms with Crippen LogP contribution in [0.3, 0.4) is 0 Å². The summed E-state index contributed by atoms with van der Waals surface area (Å²) in [5, 5.41) is 3.68. The number of hydrogen-bond donors (Lipinski definition) is 1. The Balaban J connectivity index is 2.06. The zero-order valence-corrected chi connectivity index (χ0v) is 26.2. The van der Waals surface area contributed by atoms with E-state index in [1.165, 1.54) is 42.3 Å². The molecule has 0 saturated carbocycles. The van der Waals surface area contributed by atoms with Crippen LogP contribution in [0.25, 0.3) is 0 Å². The fourth-order valence-electron chi connectivity index (χ4n) is 3.94. The van der Waals surface area contributed by atoms with Gasteiger partial charge >= 0.3 is 0 Å². The van der Waals surface area contributed by atoms with Crippen LogP contribution in [0.2, 0.25) is 15.1 Å². The minimum absolute atomic E-state index is 0.0154. The van der Waals surface area contributed by atoms with Gasteiger partial charge in [0, 0.05) is 12.6 Å². The molecular formula is C29H32Cl3N3O5S. The lowest BCUT2D eigenvalue weighted by atomic mass is 10.1. The van der Waals surface area contributed by atoms with E-state index < -0.39 is 28.5 Å². The zero-order valence-electron chi connectivity index (χ0n) is 23.1. The SMILES string of the molecule is CC[C@@H](C)NC(=O)[C@@H](C)N(Cc1ccc(Cl)c(Cl)c1)C(=O)CN(c1ccc(OC)c(Cl)c1)S(=O)(=O)c1ccccc1. The lowest BCUT2D eigenvalue weighted by Crippen LogP contribution is -2.52. The fraction of sp³-hybridized carbons (Fsp3) is 0.310. The summed E-state index contributed by atoms with van der Waals surface area (Å²) < 4.78 is 33.9. The van der Waals surface area contributed by atoms with Crippen molar-refractivity contribution < 1.29 is 22.7 Å². The van der Waals surface area contributed by atoms with Gasteiger partial charge in [-0.05, 0) is 68.3 Å². The Morgan fingerprint density at radius 3 is 2.20 bits per heavy atom. The van der Waals surface area contributed by atoms with E-state index in [-0.39, 0.29) is 39.1 Å². The fourth-order valence-corrected chi connectivity index (χ4v) is 5.94. The number of carbonyl (C=O) groups excluding carboxylic acids is 2. The van der Waals surface area contributed by atoms with Crippen LogP contribution in [0.15, 0.2) is 71.6 Å². The summed E-state index contributed by atoms with van der Waals surface area (Å²) in [6.07, 6.45) is 0.695. The number of benzene rings is 3.